The van der Waals surface area contributed by atoms with Gasteiger partial charge in [0.15, 0.2) is 0 Å². The van der Waals surface area contributed by atoms with Crippen LogP contribution in [-0.2, 0) is 11.3 Å². The van der Waals surface area contributed by atoms with E-state index in [1.165, 1.54) is 0 Å². The molecule has 0 spiro atoms. The molecule has 1 heterocycles. The molecule has 0 bridgehead atoms. The Morgan fingerprint density at radius 3 is 2.62 bits per heavy atom. The van der Waals surface area contributed by atoms with E-state index < -0.39 is 0 Å². The van der Waals surface area contributed by atoms with E-state index in [0.717, 1.165) is 10.9 Å². The predicted molar refractivity (Wildman–Crippen MR) is 82.3 cm³/mol. The lowest BCUT2D eigenvalue weighted by Gasteiger charge is -2.06. The van der Waals surface area contributed by atoms with E-state index in [-0.39, 0.29) is 12.6 Å². The summed E-state index contributed by atoms with van der Waals surface area (Å²) in [5.41, 5.74) is 2.10. The van der Waals surface area contributed by atoms with Crippen LogP contribution in [-0.4, -0.2) is 11.0 Å². The lowest BCUT2D eigenvalue weighted by atomic mass is 10.1. The Morgan fingerprint density at radius 1 is 1.05 bits per heavy atom. The second-order valence-corrected chi connectivity index (χ2v) is 4.99. The summed E-state index contributed by atoms with van der Waals surface area (Å²) in [5, 5.41) is 1.33. The van der Waals surface area contributed by atoms with Gasteiger partial charge < -0.3 is 4.74 Å². The van der Waals surface area contributed by atoms with Gasteiger partial charge in [-0.2, -0.15) is 0 Å². The van der Waals surface area contributed by atoms with Crippen molar-refractivity contribution in [2.75, 3.05) is 0 Å². The number of carbonyl (C=O) groups is 1. The zero-order chi connectivity index (χ0) is 14.7. The van der Waals surface area contributed by atoms with E-state index >= 15 is 0 Å². The molecule has 3 aromatic rings. The number of esters is 1. The highest BCUT2D eigenvalue weighted by Crippen LogP contribution is 2.18. The van der Waals surface area contributed by atoms with Crippen LogP contribution in [0.15, 0.2) is 60.7 Å². The summed E-state index contributed by atoms with van der Waals surface area (Å²) in [6, 6.07) is 18.4. The highest BCUT2D eigenvalue weighted by atomic mass is 35.5. The van der Waals surface area contributed by atoms with Gasteiger partial charge in [0.25, 0.3) is 0 Å². The summed E-state index contributed by atoms with van der Waals surface area (Å²) < 4.78 is 5.29. The van der Waals surface area contributed by atoms with Crippen molar-refractivity contribution in [2.24, 2.45) is 0 Å². The first-order chi connectivity index (χ1) is 10.2. The van der Waals surface area contributed by atoms with Crippen LogP contribution in [0.2, 0.25) is 5.15 Å². The van der Waals surface area contributed by atoms with Gasteiger partial charge in [-0.3, -0.25) is 0 Å². The highest BCUT2D eigenvalue weighted by Gasteiger charge is 2.09. The number of hydrogen-bond acceptors (Lipinski definition) is 3. The molecule has 0 aliphatic rings. The van der Waals surface area contributed by atoms with Gasteiger partial charge >= 0.3 is 5.97 Å². The van der Waals surface area contributed by atoms with Gasteiger partial charge in [0, 0.05) is 5.39 Å². The highest BCUT2D eigenvalue weighted by molar-refractivity contribution is 6.29. The van der Waals surface area contributed by atoms with Crippen LogP contribution >= 0.6 is 11.6 Å². The number of nitrogens with zero attached hydrogens (tertiary/aromatic N) is 1. The molecule has 0 atom stereocenters. The van der Waals surface area contributed by atoms with Crippen LogP contribution in [0.25, 0.3) is 10.9 Å². The Labute approximate surface area is 127 Å². The minimum atomic E-state index is -0.373. The van der Waals surface area contributed by atoms with Crippen LogP contribution in [0, 0.1) is 0 Å². The van der Waals surface area contributed by atoms with Crippen molar-refractivity contribution in [3.8, 4) is 0 Å². The van der Waals surface area contributed by atoms with Gasteiger partial charge in [-0.25, -0.2) is 9.78 Å². The van der Waals surface area contributed by atoms with Gasteiger partial charge in [-0.05, 0) is 29.8 Å². The van der Waals surface area contributed by atoms with E-state index in [4.69, 9.17) is 16.3 Å². The lowest BCUT2D eigenvalue weighted by Crippen LogP contribution is -2.05. The van der Waals surface area contributed by atoms with Gasteiger partial charge in [-0.15, -0.1) is 0 Å². The number of pyridine rings is 1. The molecule has 0 unspecified atom stereocenters. The average Bonchev–Trinajstić information content (AvgIpc) is 2.53. The van der Waals surface area contributed by atoms with Crippen LogP contribution in [0.5, 0.6) is 0 Å². The Hall–Kier alpha value is -2.39. The molecule has 21 heavy (non-hydrogen) atoms. The first-order valence-corrected chi connectivity index (χ1v) is 6.87. The molecule has 0 aliphatic carbocycles. The average molecular weight is 298 g/mol. The van der Waals surface area contributed by atoms with Crippen molar-refractivity contribution >= 4 is 28.5 Å². The minimum Gasteiger partial charge on any atom is -0.457 e. The van der Waals surface area contributed by atoms with Crippen LogP contribution in [0.1, 0.15) is 15.9 Å². The molecule has 0 aliphatic heterocycles. The van der Waals surface area contributed by atoms with E-state index in [1.807, 2.05) is 42.5 Å². The number of benzene rings is 2. The summed E-state index contributed by atoms with van der Waals surface area (Å²) in [6.07, 6.45) is 0. The van der Waals surface area contributed by atoms with Crippen molar-refractivity contribution in [2.45, 2.75) is 6.61 Å². The molecular formula is C17H12ClNO2. The van der Waals surface area contributed by atoms with E-state index in [1.54, 1.807) is 18.2 Å². The summed E-state index contributed by atoms with van der Waals surface area (Å²) in [7, 11) is 0. The maximum Gasteiger partial charge on any atom is 0.338 e. The molecule has 0 radical (unpaired) electrons. The fourth-order valence-electron chi connectivity index (χ4n) is 2.03. The van der Waals surface area contributed by atoms with Crippen molar-refractivity contribution in [1.29, 1.82) is 0 Å². The number of rotatable bonds is 3. The molecule has 2 aromatic carbocycles. The van der Waals surface area contributed by atoms with Gasteiger partial charge in [0.05, 0.1) is 11.1 Å². The molecular weight excluding hydrogens is 286 g/mol. The Morgan fingerprint density at radius 2 is 1.81 bits per heavy atom. The van der Waals surface area contributed by atoms with Crippen LogP contribution < -0.4 is 0 Å². The number of fused-ring (bicyclic) bond motifs is 1. The maximum atomic E-state index is 12.1. The first-order valence-electron chi connectivity index (χ1n) is 6.50. The number of ether oxygens (including phenoxy) is 1. The number of halogens is 1. The summed E-state index contributed by atoms with van der Waals surface area (Å²) in [6.45, 7) is 0.251. The SMILES string of the molecule is O=C(OCc1ccccc1)c1ccc2ccc(Cl)nc2c1. The summed E-state index contributed by atoms with van der Waals surface area (Å²) >= 11 is 5.86. The Bertz CT molecular complexity index is 787. The van der Waals surface area contributed by atoms with Crippen molar-refractivity contribution in [3.63, 3.8) is 0 Å². The van der Waals surface area contributed by atoms with Gasteiger partial charge in [0.1, 0.15) is 11.8 Å². The minimum absolute atomic E-state index is 0.251. The molecule has 3 nitrogen and oxygen atoms in total. The van der Waals surface area contributed by atoms with Crippen LogP contribution in [0.4, 0.5) is 0 Å². The molecule has 0 saturated carbocycles. The summed E-state index contributed by atoms with van der Waals surface area (Å²) in [5.74, 6) is -0.373. The van der Waals surface area contributed by atoms with E-state index in [9.17, 15) is 4.79 Å². The van der Waals surface area contributed by atoms with Gasteiger partial charge in [-0.1, -0.05) is 48.0 Å². The van der Waals surface area contributed by atoms with Crippen molar-refractivity contribution in [3.05, 3.63) is 76.9 Å². The predicted octanol–water partition coefficient (Wildman–Crippen LogP) is 4.25. The Balaban J connectivity index is 1.78. The van der Waals surface area contributed by atoms with E-state index in [2.05, 4.69) is 4.98 Å². The summed E-state index contributed by atoms with van der Waals surface area (Å²) in [4.78, 5) is 16.3. The smallest absolute Gasteiger partial charge is 0.338 e. The molecule has 4 heteroatoms. The molecule has 0 fully saturated rings. The standard InChI is InChI=1S/C17H12ClNO2/c18-16-9-8-13-6-7-14(10-15(13)19-16)17(20)21-11-12-4-2-1-3-5-12/h1-10H,11H2. The third-order valence-corrected chi connectivity index (χ3v) is 3.32. The quantitative estimate of drug-likeness (QED) is 0.536. The molecule has 1 aromatic heterocycles. The second kappa shape index (κ2) is 5.94. The van der Waals surface area contributed by atoms with Gasteiger partial charge in [0.2, 0.25) is 0 Å². The number of aromatic nitrogens is 1. The third kappa shape index (κ3) is 3.20. The van der Waals surface area contributed by atoms with Crippen molar-refractivity contribution < 1.29 is 9.53 Å². The van der Waals surface area contributed by atoms with Crippen molar-refractivity contribution in [1.82, 2.24) is 4.98 Å². The third-order valence-electron chi connectivity index (χ3n) is 3.11. The molecule has 0 amide bonds. The molecule has 0 N–H and O–H groups in total. The fraction of sp³-hybridized carbons (Fsp3) is 0.0588. The normalized spacial score (nSPS) is 10.5. The topological polar surface area (TPSA) is 39.2 Å². The number of hydrogen-bond donors (Lipinski definition) is 0. The monoisotopic (exact) mass is 297 g/mol. The van der Waals surface area contributed by atoms with E-state index in [0.29, 0.717) is 16.2 Å². The zero-order valence-electron chi connectivity index (χ0n) is 11.1. The van der Waals surface area contributed by atoms with Crippen LogP contribution in [0.3, 0.4) is 0 Å². The number of carbonyl (C=O) groups excluding carboxylic acids is 1. The fourth-order valence-corrected chi connectivity index (χ4v) is 2.18. The zero-order valence-corrected chi connectivity index (χ0v) is 11.9. The largest absolute Gasteiger partial charge is 0.457 e. The lowest BCUT2D eigenvalue weighted by molar-refractivity contribution is 0.0473. The Kier molecular flexibility index (Phi) is 3.84. The molecule has 0 saturated heterocycles. The first kappa shape index (κ1) is 13.6. The maximum absolute atomic E-state index is 12.1. The molecule has 104 valence electrons. The second-order valence-electron chi connectivity index (χ2n) is 4.60. The molecule has 3 rings (SSSR count).